The zero-order valence-corrected chi connectivity index (χ0v) is 16.4. The lowest BCUT2D eigenvalue weighted by Gasteiger charge is -2.17. The van der Waals surface area contributed by atoms with Crippen LogP contribution < -0.4 is 11.1 Å². The molecule has 5 nitrogen and oxygen atoms in total. The van der Waals surface area contributed by atoms with E-state index in [0.717, 1.165) is 38.5 Å². The summed E-state index contributed by atoms with van der Waals surface area (Å²) in [4.78, 5) is 12.2. The van der Waals surface area contributed by atoms with E-state index >= 15 is 0 Å². The number of nitrogens with two attached hydrogens (primary N) is 1. The Balaban J connectivity index is 3.68. The Kier molecular flexibility index (Phi) is 19.2. The maximum Gasteiger partial charge on any atom is 0.323 e. The van der Waals surface area contributed by atoms with Crippen LogP contribution in [-0.2, 0) is 9.53 Å². The zero-order chi connectivity index (χ0) is 18.6. The fourth-order valence-electron chi connectivity index (χ4n) is 2.90. The van der Waals surface area contributed by atoms with Crippen molar-refractivity contribution in [3.63, 3.8) is 0 Å². The second-order valence-electron chi connectivity index (χ2n) is 6.86. The largest absolute Gasteiger partial charge is 0.465 e. The monoisotopic (exact) mass is 358 g/mol. The Morgan fingerprint density at radius 3 is 2.16 bits per heavy atom. The molecule has 0 fully saturated rings. The summed E-state index contributed by atoms with van der Waals surface area (Å²) >= 11 is 0. The standard InChI is InChI=1S/C20H42N2O3/c1-2-3-4-5-6-7-8-9-13-18-25-20(24)19(22-16-17-23)14-11-10-12-15-21/h19,22-23H,2-18,21H2,1H3. The Hall–Kier alpha value is -0.650. The van der Waals surface area contributed by atoms with Crippen LogP contribution >= 0.6 is 0 Å². The van der Waals surface area contributed by atoms with Crippen LogP contribution in [0.3, 0.4) is 0 Å². The van der Waals surface area contributed by atoms with E-state index < -0.39 is 0 Å². The van der Waals surface area contributed by atoms with Gasteiger partial charge in [-0.05, 0) is 25.8 Å². The molecule has 0 amide bonds. The molecule has 0 spiro atoms. The predicted octanol–water partition coefficient (Wildman–Crippen LogP) is 3.53. The average Bonchev–Trinajstić information content (AvgIpc) is 2.62. The van der Waals surface area contributed by atoms with E-state index in [9.17, 15) is 4.79 Å². The van der Waals surface area contributed by atoms with E-state index in [0.29, 0.717) is 19.7 Å². The first-order chi connectivity index (χ1) is 12.3. The highest BCUT2D eigenvalue weighted by Crippen LogP contribution is 2.10. The van der Waals surface area contributed by atoms with Gasteiger partial charge in [-0.2, -0.15) is 0 Å². The van der Waals surface area contributed by atoms with Crippen LogP contribution in [0.1, 0.15) is 90.4 Å². The van der Waals surface area contributed by atoms with Crippen LogP contribution in [0, 0.1) is 0 Å². The van der Waals surface area contributed by atoms with Gasteiger partial charge >= 0.3 is 5.97 Å². The third-order valence-corrected chi connectivity index (χ3v) is 4.48. The van der Waals surface area contributed by atoms with Gasteiger partial charge in [-0.25, -0.2) is 0 Å². The van der Waals surface area contributed by atoms with Crippen molar-refractivity contribution < 1.29 is 14.6 Å². The highest BCUT2D eigenvalue weighted by molar-refractivity contribution is 5.75. The first kappa shape index (κ1) is 24.4. The zero-order valence-electron chi connectivity index (χ0n) is 16.4. The number of hydrogen-bond donors (Lipinski definition) is 3. The van der Waals surface area contributed by atoms with E-state index in [1.165, 1.54) is 44.9 Å². The molecule has 0 saturated heterocycles. The second-order valence-corrected chi connectivity index (χ2v) is 6.86. The van der Waals surface area contributed by atoms with Crippen molar-refractivity contribution >= 4 is 5.97 Å². The van der Waals surface area contributed by atoms with Crippen molar-refractivity contribution in [1.29, 1.82) is 0 Å². The van der Waals surface area contributed by atoms with E-state index in [1.54, 1.807) is 0 Å². The molecule has 0 radical (unpaired) electrons. The van der Waals surface area contributed by atoms with Gasteiger partial charge in [0.2, 0.25) is 0 Å². The Morgan fingerprint density at radius 1 is 0.960 bits per heavy atom. The number of esters is 1. The summed E-state index contributed by atoms with van der Waals surface area (Å²) < 4.78 is 5.41. The maximum atomic E-state index is 12.2. The molecule has 0 heterocycles. The van der Waals surface area contributed by atoms with Gasteiger partial charge in [0, 0.05) is 6.54 Å². The summed E-state index contributed by atoms with van der Waals surface area (Å²) in [6.45, 7) is 3.90. The van der Waals surface area contributed by atoms with Crippen molar-refractivity contribution in [3.8, 4) is 0 Å². The SMILES string of the molecule is CCCCCCCCCCCOC(=O)C(CCCCCN)NCCO. The van der Waals surface area contributed by atoms with Crippen molar-refractivity contribution in [1.82, 2.24) is 5.32 Å². The van der Waals surface area contributed by atoms with Gasteiger partial charge in [-0.3, -0.25) is 4.79 Å². The third-order valence-electron chi connectivity index (χ3n) is 4.48. The lowest BCUT2D eigenvalue weighted by molar-refractivity contribution is -0.146. The van der Waals surface area contributed by atoms with Crippen LogP contribution in [0.25, 0.3) is 0 Å². The van der Waals surface area contributed by atoms with Crippen molar-refractivity contribution in [2.45, 2.75) is 96.4 Å². The van der Waals surface area contributed by atoms with Gasteiger partial charge in [0.1, 0.15) is 6.04 Å². The van der Waals surface area contributed by atoms with Crippen LogP contribution in [0.2, 0.25) is 0 Å². The summed E-state index contributed by atoms with van der Waals surface area (Å²) in [7, 11) is 0. The molecule has 0 bridgehead atoms. The fraction of sp³-hybridized carbons (Fsp3) is 0.950. The maximum absolute atomic E-state index is 12.2. The lowest BCUT2D eigenvalue weighted by atomic mass is 10.1. The van der Waals surface area contributed by atoms with Gasteiger partial charge < -0.3 is 20.9 Å². The number of hydrogen-bond acceptors (Lipinski definition) is 5. The highest BCUT2D eigenvalue weighted by Gasteiger charge is 2.18. The summed E-state index contributed by atoms with van der Waals surface area (Å²) in [6, 6.07) is -0.302. The Labute approximate surface area is 155 Å². The molecule has 1 atom stereocenters. The number of carbonyl (C=O) groups is 1. The minimum atomic E-state index is -0.302. The van der Waals surface area contributed by atoms with Crippen molar-refractivity contribution in [3.05, 3.63) is 0 Å². The molecule has 0 aromatic carbocycles. The molecule has 0 aromatic heterocycles. The van der Waals surface area contributed by atoms with E-state index in [4.69, 9.17) is 15.6 Å². The molecule has 4 N–H and O–H groups in total. The van der Waals surface area contributed by atoms with Gasteiger partial charge in [0.15, 0.2) is 0 Å². The fourth-order valence-corrected chi connectivity index (χ4v) is 2.90. The number of nitrogens with one attached hydrogen (secondary N) is 1. The number of aliphatic hydroxyl groups excluding tert-OH is 1. The van der Waals surface area contributed by atoms with Gasteiger partial charge in [-0.1, -0.05) is 71.1 Å². The van der Waals surface area contributed by atoms with Crippen LogP contribution in [0.4, 0.5) is 0 Å². The van der Waals surface area contributed by atoms with Crippen LogP contribution in [-0.4, -0.2) is 43.4 Å². The summed E-state index contributed by atoms with van der Waals surface area (Å²) in [5.74, 6) is -0.180. The van der Waals surface area contributed by atoms with Crippen LogP contribution in [0.15, 0.2) is 0 Å². The summed E-state index contributed by atoms with van der Waals surface area (Å²) in [6.07, 6.45) is 15.0. The Morgan fingerprint density at radius 2 is 1.56 bits per heavy atom. The molecule has 0 aliphatic rings. The molecule has 0 aliphatic heterocycles. The van der Waals surface area contributed by atoms with Gasteiger partial charge in [0.05, 0.1) is 13.2 Å². The topological polar surface area (TPSA) is 84.6 Å². The molecule has 25 heavy (non-hydrogen) atoms. The number of unbranched alkanes of at least 4 members (excludes halogenated alkanes) is 10. The lowest BCUT2D eigenvalue weighted by Crippen LogP contribution is -2.39. The third kappa shape index (κ3) is 16.6. The van der Waals surface area contributed by atoms with Crippen molar-refractivity contribution in [2.75, 3.05) is 26.3 Å². The van der Waals surface area contributed by atoms with Gasteiger partial charge in [0.25, 0.3) is 0 Å². The normalized spacial score (nSPS) is 12.3. The average molecular weight is 359 g/mol. The smallest absolute Gasteiger partial charge is 0.323 e. The molecule has 150 valence electrons. The predicted molar refractivity (Wildman–Crippen MR) is 105 cm³/mol. The van der Waals surface area contributed by atoms with E-state index in [2.05, 4.69) is 12.2 Å². The number of aliphatic hydroxyl groups is 1. The molecular weight excluding hydrogens is 316 g/mol. The summed E-state index contributed by atoms with van der Waals surface area (Å²) in [5.41, 5.74) is 5.49. The molecule has 5 heteroatoms. The minimum Gasteiger partial charge on any atom is -0.465 e. The molecular formula is C20H42N2O3. The quantitative estimate of drug-likeness (QED) is 0.243. The van der Waals surface area contributed by atoms with Crippen molar-refractivity contribution in [2.24, 2.45) is 5.73 Å². The molecule has 1 unspecified atom stereocenters. The number of rotatable bonds is 19. The highest BCUT2D eigenvalue weighted by atomic mass is 16.5. The van der Waals surface area contributed by atoms with E-state index in [-0.39, 0.29) is 18.6 Å². The minimum absolute atomic E-state index is 0.0326. The molecule has 0 aromatic rings. The van der Waals surface area contributed by atoms with Crippen LogP contribution in [0.5, 0.6) is 0 Å². The first-order valence-corrected chi connectivity index (χ1v) is 10.5. The summed E-state index contributed by atoms with van der Waals surface area (Å²) in [5, 5.41) is 12.0. The second kappa shape index (κ2) is 19.7. The van der Waals surface area contributed by atoms with Gasteiger partial charge in [-0.15, -0.1) is 0 Å². The molecule has 0 rings (SSSR count). The molecule has 0 saturated carbocycles. The Bertz CT molecular complexity index is 288. The number of carbonyl (C=O) groups excluding carboxylic acids is 1. The van der Waals surface area contributed by atoms with E-state index in [1.807, 2.05) is 0 Å². The number of ether oxygens (including phenoxy) is 1. The first-order valence-electron chi connectivity index (χ1n) is 10.5. The molecule has 0 aliphatic carbocycles.